The summed E-state index contributed by atoms with van der Waals surface area (Å²) in [6.07, 6.45) is 0. The van der Waals surface area contributed by atoms with Crippen molar-refractivity contribution in [3.05, 3.63) is 48.5 Å². The Balaban J connectivity index is 2.04. The Kier molecular flexibility index (Phi) is 3.77. The van der Waals surface area contributed by atoms with Crippen molar-refractivity contribution in [3.8, 4) is 5.75 Å². The fraction of sp³-hybridized carbons (Fsp3) is 0.0769. The van der Waals surface area contributed by atoms with E-state index in [1.807, 2.05) is 48.5 Å². The molecule has 0 fully saturated rings. The third-order valence-electron chi connectivity index (χ3n) is 2.27. The van der Waals surface area contributed by atoms with Gasteiger partial charge in [0.05, 0.1) is 12.8 Å². The zero-order chi connectivity index (χ0) is 12.1. The van der Waals surface area contributed by atoms with Crippen molar-refractivity contribution in [1.82, 2.24) is 0 Å². The summed E-state index contributed by atoms with van der Waals surface area (Å²) in [6.45, 7) is 0. The van der Waals surface area contributed by atoms with E-state index in [2.05, 4.69) is 4.72 Å². The Hall–Kier alpha value is -1.81. The molecule has 3 N–H and O–H groups in total. The Morgan fingerprint density at radius 2 is 1.76 bits per heavy atom. The van der Waals surface area contributed by atoms with Crippen LogP contribution < -0.4 is 15.2 Å². The van der Waals surface area contributed by atoms with Gasteiger partial charge in [-0.15, -0.1) is 0 Å². The number of ether oxygens (including phenoxy) is 1. The number of anilines is 2. The number of hydrogen-bond donors (Lipinski definition) is 2. The topological polar surface area (TPSA) is 47.3 Å². The monoisotopic (exact) mass is 246 g/mol. The van der Waals surface area contributed by atoms with Gasteiger partial charge >= 0.3 is 0 Å². The fourth-order valence-electron chi connectivity index (χ4n) is 1.38. The summed E-state index contributed by atoms with van der Waals surface area (Å²) in [5.74, 6) is 0.829. The van der Waals surface area contributed by atoms with E-state index in [1.165, 1.54) is 11.9 Å². The second kappa shape index (κ2) is 5.50. The van der Waals surface area contributed by atoms with Crippen molar-refractivity contribution in [2.45, 2.75) is 4.90 Å². The summed E-state index contributed by atoms with van der Waals surface area (Å²) in [6, 6.07) is 15.5. The molecule has 88 valence electrons. The highest BCUT2D eigenvalue weighted by atomic mass is 32.2. The van der Waals surface area contributed by atoms with Crippen LogP contribution in [-0.2, 0) is 0 Å². The summed E-state index contributed by atoms with van der Waals surface area (Å²) < 4.78 is 8.51. The van der Waals surface area contributed by atoms with Gasteiger partial charge in [-0.05, 0) is 48.3 Å². The van der Waals surface area contributed by atoms with Crippen molar-refractivity contribution >= 4 is 23.3 Å². The molecule has 2 aromatic rings. The smallest absolute Gasteiger partial charge is 0.142 e. The summed E-state index contributed by atoms with van der Waals surface area (Å²) >= 11 is 1.53. The van der Waals surface area contributed by atoms with Gasteiger partial charge in [-0.1, -0.05) is 12.1 Å². The molecule has 2 aromatic carbocycles. The normalized spacial score (nSPS) is 9.94. The number of methoxy groups -OCH3 is 1. The maximum absolute atomic E-state index is 5.63. The molecule has 0 amide bonds. The molecular weight excluding hydrogens is 232 g/mol. The van der Waals surface area contributed by atoms with E-state index in [0.29, 0.717) is 0 Å². The molecule has 0 spiro atoms. The average molecular weight is 246 g/mol. The highest BCUT2D eigenvalue weighted by Gasteiger charge is 2.01. The van der Waals surface area contributed by atoms with Crippen LogP contribution in [0.4, 0.5) is 11.4 Å². The first-order valence-corrected chi connectivity index (χ1v) is 6.02. The van der Waals surface area contributed by atoms with E-state index in [-0.39, 0.29) is 0 Å². The average Bonchev–Trinajstić information content (AvgIpc) is 2.38. The van der Waals surface area contributed by atoms with Crippen molar-refractivity contribution in [3.63, 3.8) is 0 Å². The Morgan fingerprint density at radius 3 is 2.47 bits per heavy atom. The molecule has 0 saturated heterocycles. The lowest BCUT2D eigenvalue weighted by atomic mass is 10.3. The van der Waals surface area contributed by atoms with Crippen LogP contribution >= 0.6 is 11.9 Å². The van der Waals surface area contributed by atoms with Crippen LogP contribution in [0, 0.1) is 0 Å². The quantitative estimate of drug-likeness (QED) is 0.641. The number of para-hydroxylation sites is 2. The Morgan fingerprint density at radius 1 is 1.06 bits per heavy atom. The molecule has 0 aliphatic heterocycles. The Labute approximate surface area is 105 Å². The first kappa shape index (κ1) is 11.7. The SMILES string of the molecule is COc1ccccc1NSc1ccc(N)cc1. The molecule has 0 heterocycles. The fourth-order valence-corrected chi connectivity index (χ4v) is 2.05. The van der Waals surface area contributed by atoms with E-state index in [0.717, 1.165) is 22.0 Å². The summed E-state index contributed by atoms with van der Waals surface area (Å²) in [5.41, 5.74) is 7.36. The number of nitrogen functional groups attached to an aromatic ring is 1. The molecule has 0 aliphatic carbocycles. The van der Waals surface area contributed by atoms with Crippen LogP contribution in [0.3, 0.4) is 0 Å². The maximum Gasteiger partial charge on any atom is 0.142 e. The molecular formula is C13H14N2OS. The van der Waals surface area contributed by atoms with Gasteiger partial charge in [-0.3, -0.25) is 0 Å². The third kappa shape index (κ3) is 3.07. The number of rotatable bonds is 4. The maximum atomic E-state index is 5.63. The van der Waals surface area contributed by atoms with E-state index in [1.54, 1.807) is 7.11 Å². The lowest BCUT2D eigenvalue weighted by Crippen LogP contribution is -1.92. The summed E-state index contributed by atoms with van der Waals surface area (Å²) in [7, 11) is 1.66. The third-order valence-corrected chi connectivity index (χ3v) is 3.10. The first-order valence-electron chi connectivity index (χ1n) is 5.21. The van der Waals surface area contributed by atoms with Crippen molar-refractivity contribution in [2.24, 2.45) is 0 Å². The number of nitrogens with one attached hydrogen (secondary N) is 1. The molecule has 0 unspecified atom stereocenters. The minimum absolute atomic E-state index is 0.770. The van der Waals surface area contributed by atoms with Gasteiger partial charge in [0.25, 0.3) is 0 Å². The van der Waals surface area contributed by atoms with E-state index < -0.39 is 0 Å². The van der Waals surface area contributed by atoms with Crippen molar-refractivity contribution in [1.29, 1.82) is 0 Å². The van der Waals surface area contributed by atoms with Gasteiger partial charge < -0.3 is 15.2 Å². The molecule has 17 heavy (non-hydrogen) atoms. The molecule has 0 aliphatic rings. The molecule has 2 rings (SSSR count). The van der Waals surface area contributed by atoms with Gasteiger partial charge in [0.15, 0.2) is 0 Å². The van der Waals surface area contributed by atoms with Crippen molar-refractivity contribution in [2.75, 3.05) is 17.6 Å². The second-order valence-corrected chi connectivity index (χ2v) is 4.35. The largest absolute Gasteiger partial charge is 0.495 e. The molecule has 0 aromatic heterocycles. The van der Waals surface area contributed by atoms with Gasteiger partial charge in [-0.25, -0.2) is 0 Å². The van der Waals surface area contributed by atoms with Crippen LogP contribution in [0.2, 0.25) is 0 Å². The number of benzene rings is 2. The highest BCUT2D eigenvalue weighted by Crippen LogP contribution is 2.28. The van der Waals surface area contributed by atoms with Gasteiger partial charge in [0.1, 0.15) is 5.75 Å². The van der Waals surface area contributed by atoms with Crippen molar-refractivity contribution < 1.29 is 4.74 Å². The minimum atomic E-state index is 0.770. The van der Waals surface area contributed by atoms with Gasteiger partial charge in [0.2, 0.25) is 0 Å². The summed E-state index contributed by atoms with van der Waals surface area (Å²) in [5, 5.41) is 0. The summed E-state index contributed by atoms with van der Waals surface area (Å²) in [4.78, 5) is 1.10. The number of hydrogen-bond acceptors (Lipinski definition) is 4. The van der Waals surface area contributed by atoms with E-state index in [9.17, 15) is 0 Å². The molecule has 3 nitrogen and oxygen atoms in total. The Bertz CT molecular complexity index is 485. The predicted molar refractivity (Wildman–Crippen MR) is 73.3 cm³/mol. The first-order chi connectivity index (χ1) is 8.29. The highest BCUT2D eigenvalue weighted by molar-refractivity contribution is 8.00. The van der Waals surface area contributed by atoms with E-state index >= 15 is 0 Å². The molecule has 0 bridgehead atoms. The van der Waals surface area contributed by atoms with Gasteiger partial charge in [0, 0.05) is 10.6 Å². The number of nitrogens with two attached hydrogens (primary N) is 1. The van der Waals surface area contributed by atoms with Crippen LogP contribution in [0.25, 0.3) is 0 Å². The van der Waals surface area contributed by atoms with E-state index in [4.69, 9.17) is 10.5 Å². The van der Waals surface area contributed by atoms with Gasteiger partial charge in [-0.2, -0.15) is 0 Å². The predicted octanol–water partition coefficient (Wildman–Crippen LogP) is 3.40. The molecule has 0 radical (unpaired) electrons. The van der Waals surface area contributed by atoms with Crippen LogP contribution in [0.1, 0.15) is 0 Å². The lowest BCUT2D eigenvalue weighted by molar-refractivity contribution is 0.417. The molecule has 0 atom stereocenters. The minimum Gasteiger partial charge on any atom is -0.495 e. The van der Waals surface area contributed by atoms with Crippen LogP contribution in [-0.4, -0.2) is 7.11 Å². The molecule has 0 saturated carbocycles. The van der Waals surface area contributed by atoms with Crippen LogP contribution in [0.5, 0.6) is 5.75 Å². The second-order valence-electron chi connectivity index (χ2n) is 3.47. The zero-order valence-corrected chi connectivity index (χ0v) is 10.3. The van der Waals surface area contributed by atoms with Crippen LogP contribution in [0.15, 0.2) is 53.4 Å². The lowest BCUT2D eigenvalue weighted by Gasteiger charge is -2.09. The zero-order valence-electron chi connectivity index (χ0n) is 9.51. The molecule has 4 heteroatoms. The standard InChI is InChI=1S/C13H14N2OS/c1-16-13-5-3-2-4-12(13)15-17-11-8-6-10(14)7-9-11/h2-9,15H,14H2,1H3.